The molecule has 0 aliphatic carbocycles. The van der Waals surface area contributed by atoms with Gasteiger partial charge in [-0.2, -0.15) is 5.10 Å². The van der Waals surface area contributed by atoms with Crippen LogP contribution < -0.4 is 0 Å². The summed E-state index contributed by atoms with van der Waals surface area (Å²) >= 11 is 0. The molecule has 1 heterocycles. The Morgan fingerprint density at radius 2 is 2.00 bits per heavy atom. The lowest BCUT2D eigenvalue weighted by molar-refractivity contribution is -0.0386. The summed E-state index contributed by atoms with van der Waals surface area (Å²) in [5.41, 5.74) is 0.596. The van der Waals surface area contributed by atoms with E-state index in [0.29, 0.717) is 6.61 Å². The molecule has 0 saturated carbocycles. The largest absolute Gasteiger partial charge is 0.381 e. The Hall–Kier alpha value is -1.65. The van der Waals surface area contributed by atoms with E-state index >= 15 is 0 Å². The van der Waals surface area contributed by atoms with Gasteiger partial charge in [0.2, 0.25) is 0 Å². The zero-order valence-electron chi connectivity index (χ0n) is 10.7. The van der Waals surface area contributed by atoms with E-state index in [1.54, 1.807) is 17.8 Å². The lowest BCUT2D eigenvalue weighted by Gasteiger charge is -2.24. The van der Waals surface area contributed by atoms with Crippen LogP contribution in [0.4, 0.5) is 0 Å². The van der Waals surface area contributed by atoms with Gasteiger partial charge in [-0.15, -0.1) is 0 Å². The SMILES string of the molecule is CCOCC(C)(O)c1ccnn1-c1ccccc1. The van der Waals surface area contributed by atoms with E-state index in [1.807, 2.05) is 43.3 Å². The Kier molecular flexibility index (Phi) is 3.79. The van der Waals surface area contributed by atoms with Crippen molar-refractivity contribution in [2.24, 2.45) is 0 Å². The normalized spacial score (nSPS) is 14.4. The zero-order chi connectivity index (χ0) is 13.0. The van der Waals surface area contributed by atoms with Crippen LogP contribution in [0.2, 0.25) is 0 Å². The van der Waals surface area contributed by atoms with Crippen molar-refractivity contribution in [1.82, 2.24) is 9.78 Å². The van der Waals surface area contributed by atoms with E-state index in [9.17, 15) is 5.11 Å². The van der Waals surface area contributed by atoms with Gasteiger partial charge in [0.15, 0.2) is 0 Å². The van der Waals surface area contributed by atoms with E-state index < -0.39 is 5.60 Å². The van der Waals surface area contributed by atoms with E-state index in [2.05, 4.69) is 5.10 Å². The lowest BCUT2D eigenvalue weighted by Crippen LogP contribution is -2.30. The van der Waals surface area contributed by atoms with Gasteiger partial charge in [0.25, 0.3) is 0 Å². The van der Waals surface area contributed by atoms with Crippen LogP contribution in [0, 0.1) is 0 Å². The lowest BCUT2D eigenvalue weighted by atomic mass is 10.0. The summed E-state index contributed by atoms with van der Waals surface area (Å²) in [4.78, 5) is 0. The molecule has 1 aromatic heterocycles. The third kappa shape index (κ3) is 2.60. The molecule has 0 aliphatic heterocycles. The summed E-state index contributed by atoms with van der Waals surface area (Å²) in [6.45, 7) is 4.47. The van der Waals surface area contributed by atoms with Gasteiger partial charge >= 0.3 is 0 Å². The first-order valence-corrected chi connectivity index (χ1v) is 6.05. The van der Waals surface area contributed by atoms with Gasteiger partial charge in [0, 0.05) is 12.8 Å². The van der Waals surface area contributed by atoms with Crippen LogP contribution in [0.15, 0.2) is 42.6 Å². The van der Waals surface area contributed by atoms with Crippen molar-refractivity contribution in [1.29, 1.82) is 0 Å². The van der Waals surface area contributed by atoms with Crippen LogP contribution in [0.5, 0.6) is 0 Å². The predicted octanol–water partition coefficient (Wildman–Crippen LogP) is 2.12. The van der Waals surface area contributed by atoms with Gasteiger partial charge in [-0.25, -0.2) is 4.68 Å². The third-order valence-corrected chi connectivity index (χ3v) is 2.78. The van der Waals surface area contributed by atoms with Crippen molar-refractivity contribution in [3.8, 4) is 5.69 Å². The fourth-order valence-corrected chi connectivity index (χ4v) is 1.86. The van der Waals surface area contributed by atoms with Gasteiger partial charge in [0.1, 0.15) is 5.60 Å². The van der Waals surface area contributed by atoms with Gasteiger partial charge < -0.3 is 9.84 Å². The second-order valence-corrected chi connectivity index (χ2v) is 4.37. The number of para-hydroxylation sites is 1. The summed E-state index contributed by atoms with van der Waals surface area (Å²) in [5, 5.41) is 14.7. The fraction of sp³-hybridized carbons (Fsp3) is 0.357. The average molecular weight is 246 g/mol. The molecular formula is C14H18N2O2. The van der Waals surface area contributed by atoms with E-state index in [-0.39, 0.29) is 6.61 Å². The Labute approximate surface area is 107 Å². The van der Waals surface area contributed by atoms with Crippen molar-refractivity contribution in [3.63, 3.8) is 0 Å². The summed E-state index contributed by atoms with van der Waals surface area (Å²) < 4.78 is 7.06. The molecule has 0 spiro atoms. The summed E-state index contributed by atoms with van der Waals surface area (Å²) in [6.07, 6.45) is 1.68. The van der Waals surface area contributed by atoms with Gasteiger partial charge in [-0.1, -0.05) is 18.2 Å². The minimum atomic E-state index is -1.05. The average Bonchev–Trinajstić information content (AvgIpc) is 2.87. The molecule has 0 amide bonds. The summed E-state index contributed by atoms with van der Waals surface area (Å²) in [6, 6.07) is 11.5. The topological polar surface area (TPSA) is 47.3 Å². The Balaban J connectivity index is 2.33. The number of hydrogen-bond donors (Lipinski definition) is 1. The van der Waals surface area contributed by atoms with Crippen molar-refractivity contribution in [3.05, 3.63) is 48.3 Å². The number of hydrogen-bond acceptors (Lipinski definition) is 3. The van der Waals surface area contributed by atoms with Crippen LogP contribution in [-0.4, -0.2) is 28.1 Å². The molecule has 0 fully saturated rings. The van der Waals surface area contributed by atoms with Gasteiger partial charge in [-0.05, 0) is 32.0 Å². The number of aromatic nitrogens is 2. The molecule has 4 nitrogen and oxygen atoms in total. The first kappa shape index (κ1) is 12.8. The molecule has 0 aliphatic rings. The molecule has 1 unspecified atom stereocenters. The monoisotopic (exact) mass is 246 g/mol. The molecule has 2 rings (SSSR count). The van der Waals surface area contributed by atoms with Crippen molar-refractivity contribution >= 4 is 0 Å². The quantitative estimate of drug-likeness (QED) is 0.879. The summed E-state index contributed by atoms with van der Waals surface area (Å²) in [7, 11) is 0. The van der Waals surface area contributed by atoms with Crippen LogP contribution in [0.3, 0.4) is 0 Å². The highest BCUT2D eigenvalue weighted by Crippen LogP contribution is 2.23. The molecule has 2 aromatic rings. The molecule has 4 heteroatoms. The molecule has 0 saturated heterocycles. The van der Waals surface area contributed by atoms with Gasteiger partial charge in [-0.3, -0.25) is 0 Å². The Morgan fingerprint density at radius 3 is 2.67 bits per heavy atom. The molecule has 1 aromatic carbocycles. The maximum atomic E-state index is 10.5. The highest BCUT2D eigenvalue weighted by atomic mass is 16.5. The minimum Gasteiger partial charge on any atom is -0.381 e. The minimum absolute atomic E-state index is 0.252. The number of benzene rings is 1. The van der Waals surface area contributed by atoms with Crippen LogP contribution in [0.25, 0.3) is 5.69 Å². The molecule has 1 atom stereocenters. The van der Waals surface area contributed by atoms with Crippen LogP contribution in [0.1, 0.15) is 19.5 Å². The molecular weight excluding hydrogens is 228 g/mol. The number of aliphatic hydroxyl groups is 1. The molecule has 96 valence electrons. The first-order chi connectivity index (χ1) is 8.65. The highest BCUT2D eigenvalue weighted by molar-refractivity contribution is 5.33. The predicted molar refractivity (Wildman–Crippen MR) is 69.6 cm³/mol. The number of nitrogens with zero attached hydrogens (tertiary/aromatic N) is 2. The maximum absolute atomic E-state index is 10.5. The molecule has 0 bridgehead atoms. The van der Waals surface area contributed by atoms with E-state index in [4.69, 9.17) is 4.74 Å². The number of ether oxygens (including phenoxy) is 1. The van der Waals surface area contributed by atoms with E-state index in [1.165, 1.54) is 0 Å². The highest BCUT2D eigenvalue weighted by Gasteiger charge is 2.27. The van der Waals surface area contributed by atoms with E-state index in [0.717, 1.165) is 11.4 Å². The molecule has 18 heavy (non-hydrogen) atoms. The second-order valence-electron chi connectivity index (χ2n) is 4.37. The smallest absolute Gasteiger partial charge is 0.127 e. The van der Waals surface area contributed by atoms with Crippen LogP contribution >= 0.6 is 0 Å². The van der Waals surface area contributed by atoms with Crippen LogP contribution in [-0.2, 0) is 10.3 Å². The van der Waals surface area contributed by atoms with Crippen molar-refractivity contribution < 1.29 is 9.84 Å². The zero-order valence-corrected chi connectivity index (χ0v) is 10.7. The number of rotatable bonds is 5. The third-order valence-electron chi connectivity index (χ3n) is 2.78. The second kappa shape index (κ2) is 5.33. The summed E-state index contributed by atoms with van der Waals surface area (Å²) in [5.74, 6) is 0. The maximum Gasteiger partial charge on any atom is 0.127 e. The Morgan fingerprint density at radius 1 is 1.28 bits per heavy atom. The van der Waals surface area contributed by atoms with Gasteiger partial charge in [0.05, 0.1) is 18.0 Å². The van der Waals surface area contributed by atoms with Crippen molar-refractivity contribution in [2.75, 3.05) is 13.2 Å². The standard InChI is InChI=1S/C14H18N2O2/c1-3-18-11-14(2,17)13-9-10-15-16(13)12-7-5-4-6-8-12/h4-10,17H,3,11H2,1-2H3. The molecule has 1 N–H and O–H groups in total. The fourth-order valence-electron chi connectivity index (χ4n) is 1.86. The van der Waals surface area contributed by atoms with Crippen molar-refractivity contribution in [2.45, 2.75) is 19.4 Å². The first-order valence-electron chi connectivity index (χ1n) is 6.05. The Bertz CT molecular complexity index is 492. The molecule has 0 radical (unpaired) electrons.